The number of rotatable bonds is 14. The number of anilines is 2. The third kappa shape index (κ3) is 7.22. The summed E-state index contributed by atoms with van der Waals surface area (Å²) in [6.07, 6.45) is 10.5. The maximum Gasteiger partial charge on any atom is 0.274 e. The number of aryl methyl sites for hydroxylation is 1. The first-order chi connectivity index (χ1) is 18.6. The van der Waals surface area contributed by atoms with Gasteiger partial charge in [0.25, 0.3) is 5.91 Å². The SMILES string of the molecule is CCCCN(CCCC)C(=O)c1cnc2nc(Nc3ccc(OC)cc3)n(CCCN3CCCCC3)c2n1. The molecule has 0 unspecified atom stereocenters. The summed E-state index contributed by atoms with van der Waals surface area (Å²) >= 11 is 0. The zero-order valence-electron chi connectivity index (χ0n) is 23.3. The summed E-state index contributed by atoms with van der Waals surface area (Å²) in [7, 11) is 1.66. The molecule has 1 saturated heterocycles. The normalized spacial score (nSPS) is 14.1. The molecule has 1 amide bonds. The van der Waals surface area contributed by atoms with Gasteiger partial charge in [-0.15, -0.1) is 0 Å². The zero-order chi connectivity index (χ0) is 26.7. The lowest BCUT2D eigenvalue weighted by Gasteiger charge is -2.26. The van der Waals surface area contributed by atoms with Crippen molar-refractivity contribution in [3.63, 3.8) is 0 Å². The average molecular weight is 522 g/mol. The van der Waals surface area contributed by atoms with Gasteiger partial charge in [0.15, 0.2) is 11.3 Å². The van der Waals surface area contributed by atoms with Gasteiger partial charge in [0.05, 0.1) is 13.3 Å². The number of fused-ring (bicyclic) bond motifs is 1. The molecule has 0 aliphatic carbocycles. The lowest BCUT2D eigenvalue weighted by atomic mass is 10.1. The largest absolute Gasteiger partial charge is 0.497 e. The lowest BCUT2D eigenvalue weighted by Crippen LogP contribution is -2.33. The number of likely N-dealkylation sites (tertiary alicyclic amines) is 1. The van der Waals surface area contributed by atoms with Crippen molar-refractivity contribution < 1.29 is 9.53 Å². The number of unbranched alkanes of at least 4 members (excludes halogenated alkanes) is 2. The maximum atomic E-state index is 13.4. The Bertz CT molecular complexity index is 1150. The van der Waals surface area contributed by atoms with Crippen LogP contribution in [0.25, 0.3) is 11.3 Å². The highest BCUT2D eigenvalue weighted by Crippen LogP contribution is 2.24. The van der Waals surface area contributed by atoms with Crippen LogP contribution in [-0.2, 0) is 6.54 Å². The van der Waals surface area contributed by atoms with E-state index in [2.05, 4.69) is 33.6 Å². The number of piperidine rings is 1. The van der Waals surface area contributed by atoms with Gasteiger partial charge >= 0.3 is 0 Å². The number of carbonyl (C=O) groups is 1. The molecule has 1 aliphatic heterocycles. The van der Waals surface area contributed by atoms with Crippen molar-refractivity contribution >= 4 is 28.8 Å². The summed E-state index contributed by atoms with van der Waals surface area (Å²) in [4.78, 5) is 32.1. The number of hydrogen-bond acceptors (Lipinski definition) is 7. The van der Waals surface area contributed by atoms with E-state index in [1.54, 1.807) is 13.3 Å². The van der Waals surface area contributed by atoms with Crippen molar-refractivity contribution in [3.05, 3.63) is 36.2 Å². The highest BCUT2D eigenvalue weighted by molar-refractivity contribution is 5.93. The van der Waals surface area contributed by atoms with Crippen molar-refractivity contribution in [3.8, 4) is 5.75 Å². The van der Waals surface area contributed by atoms with Crippen LogP contribution in [0.3, 0.4) is 0 Å². The van der Waals surface area contributed by atoms with Crippen molar-refractivity contribution in [1.82, 2.24) is 29.3 Å². The number of nitrogens with one attached hydrogen (secondary N) is 1. The van der Waals surface area contributed by atoms with Crippen LogP contribution in [0.5, 0.6) is 5.75 Å². The molecule has 0 bridgehead atoms. The Labute approximate surface area is 226 Å². The fraction of sp³-hybridized carbons (Fsp3) is 0.586. The number of methoxy groups -OCH3 is 1. The molecule has 2 aromatic heterocycles. The van der Waals surface area contributed by atoms with Crippen molar-refractivity contribution in [2.75, 3.05) is 45.2 Å². The Kier molecular flexibility index (Phi) is 10.3. The Morgan fingerprint density at radius 2 is 1.68 bits per heavy atom. The Morgan fingerprint density at radius 1 is 0.974 bits per heavy atom. The zero-order valence-corrected chi connectivity index (χ0v) is 23.3. The van der Waals surface area contributed by atoms with E-state index in [1.165, 1.54) is 32.4 Å². The molecule has 206 valence electrons. The molecular formula is C29H43N7O2. The molecule has 3 aromatic rings. The maximum absolute atomic E-state index is 13.4. The van der Waals surface area contributed by atoms with Crippen molar-refractivity contribution in [1.29, 1.82) is 0 Å². The molecule has 1 fully saturated rings. The van der Waals surface area contributed by atoms with Gasteiger partial charge in [-0.25, -0.2) is 9.97 Å². The summed E-state index contributed by atoms with van der Waals surface area (Å²) < 4.78 is 7.38. The van der Waals surface area contributed by atoms with E-state index in [1.807, 2.05) is 29.2 Å². The van der Waals surface area contributed by atoms with Gasteiger partial charge in [0, 0.05) is 25.3 Å². The van der Waals surface area contributed by atoms with E-state index in [0.29, 0.717) is 22.9 Å². The second-order valence-electron chi connectivity index (χ2n) is 10.1. The Hall–Kier alpha value is -3.20. The van der Waals surface area contributed by atoms with Gasteiger partial charge in [-0.2, -0.15) is 4.98 Å². The van der Waals surface area contributed by atoms with Crippen LogP contribution >= 0.6 is 0 Å². The van der Waals surface area contributed by atoms with Crippen LogP contribution in [-0.4, -0.2) is 75.1 Å². The first-order valence-electron chi connectivity index (χ1n) is 14.3. The highest BCUT2D eigenvalue weighted by atomic mass is 16.5. The minimum atomic E-state index is -0.0490. The van der Waals surface area contributed by atoms with Gasteiger partial charge in [0.1, 0.15) is 11.4 Å². The predicted molar refractivity (Wildman–Crippen MR) is 152 cm³/mol. The van der Waals surface area contributed by atoms with Crippen LogP contribution in [0.15, 0.2) is 30.5 Å². The fourth-order valence-corrected chi connectivity index (χ4v) is 4.92. The molecule has 1 N–H and O–H groups in total. The Balaban J connectivity index is 1.60. The summed E-state index contributed by atoms with van der Waals surface area (Å²) in [5, 5.41) is 3.44. The third-order valence-corrected chi connectivity index (χ3v) is 7.18. The predicted octanol–water partition coefficient (Wildman–Crippen LogP) is 5.50. The second kappa shape index (κ2) is 14.1. The van der Waals surface area contributed by atoms with Crippen LogP contribution in [0.1, 0.15) is 75.7 Å². The smallest absolute Gasteiger partial charge is 0.274 e. The van der Waals surface area contributed by atoms with Crippen molar-refractivity contribution in [2.45, 2.75) is 71.8 Å². The van der Waals surface area contributed by atoms with Crippen LogP contribution in [0.2, 0.25) is 0 Å². The molecule has 4 rings (SSSR count). The summed E-state index contributed by atoms with van der Waals surface area (Å²) in [5.74, 6) is 1.43. The van der Waals surface area contributed by atoms with E-state index >= 15 is 0 Å². The summed E-state index contributed by atoms with van der Waals surface area (Å²) in [6.45, 7) is 9.91. The topological polar surface area (TPSA) is 88.4 Å². The number of ether oxygens (including phenoxy) is 1. The van der Waals surface area contributed by atoms with E-state index in [-0.39, 0.29) is 5.91 Å². The molecule has 0 radical (unpaired) electrons. The molecule has 9 heteroatoms. The van der Waals surface area contributed by atoms with Gasteiger partial charge in [-0.3, -0.25) is 9.36 Å². The molecule has 0 atom stereocenters. The number of amides is 1. The van der Waals surface area contributed by atoms with Gasteiger partial charge < -0.3 is 19.9 Å². The van der Waals surface area contributed by atoms with E-state index in [0.717, 1.165) is 69.7 Å². The number of carbonyl (C=O) groups excluding carboxylic acids is 1. The number of hydrogen-bond donors (Lipinski definition) is 1. The second-order valence-corrected chi connectivity index (χ2v) is 10.1. The first kappa shape index (κ1) is 27.8. The molecule has 1 aromatic carbocycles. The molecule has 0 spiro atoms. The minimum absolute atomic E-state index is 0.0490. The number of benzene rings is 1. The van der Waals surface area contributed by atoms with E-state index < -0.39 is 0 Å². The lowest BCUT2D eigenvalue weighted by molar-refractivity contribution is 0.0745. The first-order valence-corrected chi connectivity index (χ1v) is 14.3. The number of nitrogens with zero attached hydrogens (tertiary/aromatic N) is 6. The quantitative estimate of drug-likeness (QED) is 0.300. The fourth-order valence-electron chi connectivity index (χ4n) is 4.92. The number of imidazole rings is 1. The monoisotopic (exact) mass is 521 g/mol. The van der Waals surface area contributed by atoms with Gasteiger partial charge in [-0.1, -0.05) is 33.1 Å². The summed E-state index contributed by atoms with van der Waals surface area (Å²) in [6, 6.07) is 7.76. The molecule has 38 heavy (non-hydrogen) atoms. The van der Waals surface area contributed by atoms with E-state index in [4.69, 9.17) is 14.7 Å². The van der Waals surface area contributed by atoms with Gasteiger partial charge in [-0.05, 0) is 76.0 Å². The molecular weight excluding hydrogens is 478 g/mol. The van der Waals surface area contributed by atoms with E-state index in [9.17, 15) is 4.79 Å². The molecule has 9 nitrogen and oxygen atoms in total. The van der Waals surface area contributed by atoms with Crippen LogP contribution in [0, 0.1) is 0 Å². The average Bonchev–Trinajstić information content (AvgIpc) is 3.29. The summed E-state index contributed by atoms with van der Waals surface area (Å²) in [5.41, 5.74) is 2.48. The van der Waals surface area contributed by atoms with Gasteiger partial charge in [0.2, 0.25) is 5.95 Å². The third-order valence-electron chi connectivity index (χ3n) is 7.18. The molecule has 3 heterocycles. The Morgan fingerprint density at radius 3 is 2.34 bits per heavy atom. The van der Waals surface area contributed by atoms with Crippen LogP contribution in [0.4, 0.5) is 11.6 Å². The highest BCUT2D eigenvalue weighted by Gasteiger charge is 2.21. The van der Waals surface area contributed by atoms with Crippen LogP contribution < -0.4 is 10.1 Å². The number of aromatic nitrogens is 4. The molecule has 0 saturated carbocycles. The van der Waals surface area contributed by atoms with Crippen molar-refractivity contribution in [2.24, 2.45) is 0 Å². The molecule has 1 aliphatic rings. The standard InChI is InChI=1S/C29H43N7O2/c1-4-6-19-35(20-7-5-2)28(37)25-22-30-26-27(32-25)36(21-11-18-34-16-9-8-10-17-34)29(33-26)31-23-12-14-24(38-3)15-13-23/h12-15,22H,4-11,16-21H2,1-3H3,(H,30,31,33). The minimum Gasteiger partial charge on any atom is -0.497 e.